The van der Waals surface area contributed by atoms with Gasteiger partial charge in [-0.1, -0.05) is 6.92 Å². The van der Waals surface area contributed by atoms with Crippen LogP contribution in [0.15, 0.2) is 0 Å². The van der Waals surface area contributed by atoms with Crippen molar-refractivity contribution in [1.82, 2.24) is 20.9 Å². The lowest BCUT2D eigenvalue weighted by Gasteiger charge is -2.27. The molecule has 0 aromatic rings. The summed E-state index contributed by atoms with van der Waals surface area (Å²) in [4.78, 5) is 35.7. The van der Waals surface area contributed by atoms with Gasteiger partial charge in [-0.3, -0.25) is 19.7 Å². The monoisotopic (exact) mass is 256 g/mol. The van der Waals surface area contributed by atoms with Gasteiger partial charge in [0, 0.05) is 20.1 Å². The van der Waals surface area contributed by atoms with E-state index in [1.807, 2.05) is 6.92 Å². The summed E-state index contributed by atoms with van der Waals surface area (Å²) in [7, 11) is 1.58. The minimum atomic E-state index is -0.452. The molecule has 7 heteroatoms. The Kier molecular flexibility index (Phi) is 5.57. The van der Waals surface area contributed by atoms with Gasteiger partial charge in [0.1, 0.15) is 6.04 Å². The van der Waals surface area contributed by atoms with Crippen LogP contribution in [0.1, 0.15) is 13.3 Å². The number of piperazine rings is 1. The highest BCUT2D eigenvalue weighted by atomic mass is 16.2. The summed E-state index contributed by atoms with van der Waals surface area (Å²) in [6.07, 6.45) is 0.861. The van der Waals surface area contributed by atoms with Crippen molar-refractivity contribution >= 4 is 17.7 Å². The Balaban J connectivity index is 2.36. The van der Waals surface area contributed by atoms with Crippen LogP contribution in [0.3, 0.4) is 0 Å². The van der Waals surface area contributed by atoms with E-state index in [1.54, 1.807) is 7.05 Å². The standard InChI is InChI=1S/C11H20N4O3/c1-3-4-12-10(17)7-15(2)11(18)8-5-14-9(16)6-13-8/h8,13H,3-7H2,1-2H3,(H,12,17)(H,14,16). The summed E-state index contributed by atoms with van der Waals surface area (Å²) in [6.45, 7) is 3.00. The topological polar surface area (TPSA) is 90.5 Å². The molecule has 0 aromatic carbocycles. The fourth-order valence-electron chi connectivity index (χ4n) is 1.62. The lowest BCUT2D eigenvalue weighted by Crippen LogP contribution is -2.58. The number of likely N-dealkylation sites (N-methyl/N-ethyl adjacent to an activating group) is 1. The van der Waals surface area contributed by atoms with Gasteiger partial charge in [-0.05, 0) is 6.42 Å². The molecule has 1 unspecified atom stereocenters. The number of rotatable bonds is 5. The van der Waals surface area contributed by atoms with Crippen LogP contribution in [0.25, 0.3) is 0 Å². The highest BCUT2D eigenvalue weighted by Gasteiger charge is 2.26. The van der Waals surface area contributed by atoms with Gasteiger partial charge in [0.05, 0.1) is 13.1 Å². The highest BCUT2D eigenvalue weighted by Crippen LogP contribution is 1.95. The van der Waals surface area contributed by atoms with Crippen LogP contribution in [0.4, 0.5) is 0 Å². The van der Waals surface area contributed by atoms with Crippen LogP contribution in [-0.4, -0.2) is 61.9 Å². The van der Waals surface area contributed by atoms with Crippen molar-refractivity contribution < 1.29 is 14.4 Å². The van der Waals surface area contributed by atoms with Gasteiger partial charge in [0.25, 0.3) is 0 Å². The number of hydrogen-bond donors (Lipinski definition) is 3. The maximum absolute atomic E-state index is 11.9. The van der Waals surface area contributed by atoms with Gasteiger partial charge in [0.15, 0.2) is 0 Å². The fourth-order valence-corrected chi connectivity index (χ4v) is 1.62. The van der Waals surface area contributed by atoms with Crippen molar-refractivity contribution in [3.8, 4) is 0 Å². The largest absolute Gasteiger partial charge is 0.355 e. The van der Waals surface area contributed by atoms with E-state index in [4.69, 9.17) is 0 Å². The van der Waals surface area contributed by atoms with E-state index in [2.05, 4.69) is 16.0 Å². The second-order valence-electron chi connectivity index (χ2n) is 4.28. The molecule has 1 saturated heterocycles. The Bertz CT molecular complexity index is 322. The Morgan fingerprint density at radius 3 is 2.78 bits per heavy atom. The number of hydrogen-bond acceptors (Lipinski definition) is 4. The normalized spacial score (nSPS) is 19.0. The van der Waals surface area contributed by atoms with Crippen molar-refractivity contribution in [2.24, 2.45) is 0 Å². The van der Waals surface area contributed by atoms with Crippen LogP contribution in [0, 0.1) is 0 Å². The Labute approximate surface area is 106 Å². The number of nitrogens with one attached hydrogen (secondary N) is 3. The molecular formula is C11H20N4O3. The molecular weight excluding hydrogens is 236 g/mol. The van der Waals surface area contributed by atoms with Gasteiger partial charge >= 0.3 is 0 Å². The summed E-state index contributed by atoms with van der Waals surface area (Å²) in [5, 5.41) is 8.14. The molecule has 102 valence electrons. The average Bonchev–Trinajstić information content (AvgIpc) is 2.36. The molecule has 0 spiro atoms. The van der Waals surface area contributed by atoms with E-state index in [1.165, 1.54) is 4.90 Å². The molecule has 1 rings (SSSR count). The molecule has 3 amide bonds. The summed E-state index contributed by atoms with van der Waals surface area (Å²) in [5.41, 5.74) is 0. The molecule has 0 saturated carbocycles. The smallest absolute Gasteiger partial charge is 0.241 e. The van der Waals surface area contributed by atoms with Crippen molar-refractivity contribution in [2.75, 3.05) is 33.2 Å². The molecule has 0 bridgehead atoms. The molecule has 1 heterocycles. The van der Waals surface area contributed by atoms with E-state index in [-0.39, 0.29) is 37.4 Å². The third-order valence-electron chi connectivity index (χ3n) is 2.64. The van der Waals surface area contributed by atoms with E-state index in [0.29, 0.717) is 6.54 Å². The lowest BCUT2D eigenvalue weighted by atomic mass is 10.2. The van der Waals surface area contributed by atoms with Crippen LogP contribution in [-0.2, 0) is 14.4 Å². The summed E-state index contributed by atoms with van der Waals surface area (Å²) in [5.74, 6) is -0.489. The van der Waals surface area contributed by atoms with Crippen molar-refractivity contribution in [2.45, 2.75) is 19.4 Å². The molecule has 1 aliphatic heterocycles. The maximum atomic E-state index is 11.9. The summed E-state index contributed by atoms with van der Waals surface area (Å²) >= 11 is 0. The third kappa shape index (κ3) is 4.33. The molecule has 1 atom stereocenters. The summed E-state index contributed by atoms with van der Waals surface area (Å²) < 4.78 is 0. The van der Waals surface area contributed by atoms with Gasteiger partial charge in [-0.15, -0.1) is 0 Å². The zero-order valence-corrected chi connectivity index (χ0v) is 10.8. The Morgan fingerprint density at radius 1 is 1.50 bits per heavy atom. The second-order valence-corrected chi connectivity index (χ2v) is 4.28. The molecule has 1 fully saturated rings. The zero-order valence-electron chi connectivity index (χ0n) is 10.8. The SMILES string of the molecule is CCCNC(=O)CN(C)C(=O)C1CNC(=O)CN1. The Hall–Kier alpha value is -1.63. The minimum absolute atomic E-state index is 0.0327. The van der Waals surface area contributed by atoms with Gasteiger partial charge in [-0.25, -0.2) is 0 Å². The first kappa shape index (κ1) is 14.4. The van der Waals surface area contributed by atoms with E-state index < -0.39 is 6.04 Å². The number of carbonyl (C=O) groups excluding carboxylic acids is 3. The zero-order chi connectivity index (χ0) is 13.5. The van der Waals surface area contributed by atoms with Crippen molar-refractivity contribution in [3.05, 3.63) is 0 Å². The second kappa shape index (κ2) is 6.95. The van der Waals surface area contributed by atoms with Crippen LogP contribution in [0.5, 0.6) is 0 Å². The number of amides is 3. The third-order valence-corrected chi connectivity index (χ3v) is 2.64. The first-order valence-corrected chi connectivity index (χ1v) is 6.06. The molecule has 0 aromatic heterocycles. The molecule has 0 aliphatic carbocycles. The van der Waals surface area contributed by atoms with Gasteiger partial charge in [-0.2, -0.15) is 0 Å². The van der Waals surface area contributed by atoms with Crippen LogP contribution < -0.4 is 16.0 Å². The predicted octanol–water partition coefficient (Wildman–Crippen LogP) is -1.94. The molecule has 0 radical (unpaired) electrons. The van der Waals surface area contributed by atoms with Gasteiger partial charge in [0.2, 0.25) is 17.7 Å². The molecule has 18 heavy (non-hydrogen) atoms. The van der Waals surface area contributed by atoms with Crippen molar-refractivity contribution in [3.63, 3.8) is 0 Å². The molecule has 3 N–H and O–H groups in total. The maximum Gasteiger partial charge on any atom is 0.241 e. The summed E-state index contributed by atoms with van der Waals surface area (Å²) in [6, 6.07) is -0.452. The lowest BCUT2D eigenvalue weighted by molar-refractivity contribution is -0.137. The predicted molar refractivity (Wildman–Crippen MR) is 65.7 cm³/mol. The van der Waals surface area contributed by atoms with Gasteiger partial charge < -0.3 is 15.5 Å². The average molecular weight is 256 g/mol. The minimum Gasteiger partial charge on any atom is -0.355 e. The highest BCUT2D eigenvalue weighted by molar-refractivity contribution is 5.89. The first-order chi connectivity index (χ1) is 8.54. The Morgan fingerprint density at radius 2 is 2.22 bits per heavy atom. The molecule has 7 nitrogen and oxygen atoms in total. The van der Waals surface area contributed by atoms with E-state index in [0.717, 1.165) is 6.42 Å². The fraction of sp³-hybridized carbons (Fsp3) is 0.727. The van der Waals surface area contributed by atoms with Crippen molar-refractivity contribution in [1.29, 1.82) is 0 Å². The van der Waals surface area contributed by atoms with E-state index in [9.17, 15) is 14.4 Å². The quantitative estimate of drug-likeness (QED) is 0.534. The molecule has 1 aliphatic rings. The van der Waals surface area contributed by atoms with Crippen LogP contribution >= 0.6 is 0 Å². The first-order valence-electron chi connectivity index (χ1n) is 6.06. The van der Waals surface area contributed by atoms with Crippen LogP contribution in [0.2, 0.25) is 0 Å². The number of carbonyl (C=O) groups is 3. The van der Waals surface area contributed by atoms with E-state index >= 15 is 0 Å². The number of nitrogens with zero attached hydrogens (tertiary/aromatic N) is 1.